The van der Waals surface area contributed by atoms with E-state index in [0.29, 0.717) is 5.56 Å². The Hall–Kier alpha value is -5.11. The number of nitrogens with zero attached hydrogens (tertiary/aromatic N) is 3. The highest BCUT2D eigenvalue weighted by atomic mass is 35.7. The van der Waals surface area contributed by atoms with Crippen molar-refractivity contribution in [2.75, 3.05) is 0 Å². The van der Waals surface area contributed by atoms with Crippen molar-refractivity contribution in [3.63, 3.8) is 0 Å². The number of carbonyl (C=O) groups excluding carboxylic acids is 2. The Bertz CT molecular complexity index is 1750. The van der Waals surface area contributed by atoms with Crippen molar-refractivity contribution < 1.29 is 27.5 Å². The van der Waals surface area contributed by atoms with Crippen molar-refractivity contribution >= 4 is 43.1 Å². The van der Waals surface area contributed by atoms with Gasteiger partial charge in [-0.2, -0.15) is 5.26 Å². The molecule has 0 aromatic heterocycles. The van der Waals surface area contributed by atoms with E-state index < -0.39 is 26.7 Å². The molecule has 40 heavy (non-hydrogen) atoms. The van der Waals surface area contributed by atoms with E-state index in [9.17, 15) is 23.3 Å². The van der Waals surface area contributed by atoms with E-state index >= 15 is 0 Å². The summed E-state index contributed by atoms with van der Waals surface area (Å²) < 4.78 is 34.9. The summed E-state index contributed by atoms with van der Waals surface area (Å²) in [5.41, 5.74) is 0.196. The number of hydrogen-bond donors (Lipinski definition) is 0. The number of hydrogen-bond acceptors (Lipinski definition) is 9. The number of nitriles is 1. The summed E-state index contributed by atoms with van der Waals surface area (Å²) >= 11 is 0. The lowest BCUT2D eigenvalue weighted by atomic mass is 10.1. The normalized spacial score (nSPS) is 11.8. The van der Waals surface area contributed by atoms with E-state index in [4.69, 9.17) is 20.2 Å². The molecule has 4 aromatic rings. The molecule has 0 aliphatic carbocycles. The molecule has 0 bridgehead atoms. The first-order chi connectivity index (χ1) is 19.3. The van der Waals surface area contributed by atoms with Gasteiger partial charge in [0.05, 0.1) is 16.0 Å². The van der Waals surface area contributed by atoms with Gasteiger partial charge in [-0.3, -0.25) is 0 Å². The van der Waals surface area contributed by atoms with Crippen LogP contribution in [0, 0.1) is 11.3 Å². The quantitative estimate of drug-likeness (QED) is 0.0575. The zero-order valence-electron chi connectivity index (χ0n) is 20.5. The van der Waals surface area contributed by atoms with Gasteiger partial charge in [-0.15, -0.1) is 10.2 Å². The second-order valence-corrected chi connectivity index (χ2v) is 10.5. The fourth-order valence-corrected chi connectivity index (χ4v) is 4.10. The van der Waals surface area contributed by atoms with Crippen LogP contribution in [0.25, 0.3) is 5.76 Å². The monoisotopic (exact) mass is 571 g/mol. The van der Waals surface area contributed by atoms with Gasteiger partial charge in [-0.05, 0) is 42.5 Å². The lowest BCUT2D eigenvalue weighted by Gasteiger charge is -2.10. The van der Waals surface area contributed by atoms with Crippen LogP contribution in [0.15, 0.2) is 130 Å². The van der Waals surface area contributed by atoms with Gasteiger partial charge in [-0.25, -0.2) is 18.0 Å². The van der Waals surface area contributed by atoms with Gasteiger partial charge in [0.2, 0.25) is 5.70 Å². The lowest BCUT2D eigenvalue weighted by molar-refractivity contribution is 0.0688. The Labute approximate surface area is 234 Å². The van der Waals surface area contributed by atoms with Gasteiger partial charge in [0.25, 0.3) is 9.05 Å². The summed E-state index contributed by atoms with van der Waals surface area (Å²) in [6.45, 7) is 0. The maximum atomic E-state index is 12.8. The molecule has 0 N–H and O–H groups in total. The van der Waals surface area contributed by atoms with Crippen molar-refractivity contribution in [2.24, 2.45) is 10.2 Å². The van der Waals surface area contributed by atoms with Gasteiger partial charge in [0.1, 0.15) is 11.8 Å². The number of ether oxygens (including phenoxy) is 2. The van der Waals surface area contributed by atoms with Crippen molar-refractivity contribution in [1.29, 1.82) is 5.26 Å². The molecule has 0 radical (unpaired) electrons. The molecule has 0 amide bonds. The minimum absolute atomic E-state index is 0.151. The number of carbonyl (C=O) groups is 2. The van der Waals surface area contributed by atoms with Crippen LogP contribution in [-0.4, -0.2) is 20.4 Å². The van der Waals surface area contributed by atoms with Gasteiger partial charge in [0.15, 0.2) is 11.5 Å². The summed E-state index contributed by atoms with van der Waals surface area (Å²) in [7, 11) is 1.30. The molecule has 0 saturated carbocycles. The van der Waals surface area contributed by atoms with Crippen LogP contribution >= 0.6 is 10.7 Å². The summed E-state index contributed by atoms with van der Waals surface area (Å²) in [4.78, 5) is 25.1. The third-order valence-electron chi connectivity index (χ3n) is 5.24. The number of azo groups is 1. The van der Waals surface area contributed by atoms with E-state index in [2.05, 4.69) is 10.2 Å². The molecule has 0 unspecified atom stereocenters. The summed E-state index contributed by atoms with van der Waals surface area (Å²) in [5, 5.41) is 17.8. The van der Waals surface area contributed by atoms with Crippen molar-refractivity contribution in [2.45, 2.75) is 4.90 Å². The van der Waals surface area contributed by atoms with Crippen LogP contribution in [0.2, 0.25) is 0 Å². The van der Waals surface area contributed by atoms with Gasteiger partial charge < -0.3 is 9.47 Å². The maximum Gasteiger partial charge on any atom is 0.343 e. The predicted molar refractivity (Wildman–Crippen MR) is 146 cm³/mol. The van der Waals surface area contributed by atoms with Crippen molar-refractivity contribution in [3.05, 3.63) is 132 Å². The highest BCUT2D eigenvalue weighted by molar-refractivity contribution is 8.13. The predicted octanol–water partition coefficient (Wildman–Crippen LogP) is 6.67. The molecule has 9 nitrogen and oxygen atoms in total. The SMILES string of the molecule is N#C/C(N=Nc1cc(S(=O)(=O)Cl)ccc1OC(=O)c1ccccc1)=C(\OC(=O)c1ccccc1)c1ccccc1. The molecule has 198 valence electrons. The van der Waals surface area contributed by atoms with Crippen LogP contribution in [0.5, 0.6) is 5.75 Å². The fourth-order valence-electron chi connectivity index (χ4n) is 3.33. The van der Waals surface area contributed by atoms with Crippen LogP contribution in [0.1, 0.15) is 26.3 Å². The topological polar surface area (TPSA) is 135 Å². The smallest absolute Gasteiger partial charge is 0.343 e. The third-order valence-corrected chi connectivity index (χ3v) is 6.59. The maximum absolute atomic E-state index is 12.8. The Morgan fingerprint density at radius 2 is 1.27 bits per heavy atom. The summed E-state index contributed by atoms with van der Waals surface area (Å²) in [5.74, 6) is -1.82. The molecule has 0 aliphatic heterocycles. The minimum atomic E-state index is -4.19. The number of allylic oxidation sites excluding steroid dienone is 1. The Morgan fingerprint density at radius 1 is 0.750 bits per heavy atom. The Morgan fingerprint density at radius 3 is 1.80 bits per heavy atom. The highest BCUT2D eigenvalue weighted by Crippen LogP contribution is 2.34. The molecule has 0 atom stereocenters. The summed E-state index contributed by atoms with van der Waals surface area (Å²) in [6.07, 6.45) is 0. The number of benzene rings is 4. The molecular weight excluding hydrogens is 554 g/mol. The largest absolute Gasteiger partial charge is 0.421 e. The van der Waals surface area contributed by atoms with E-state index in [1.165, 1.54) is 18.2 Å². The van der Waals surface area contributed by atoms with Gasteiger partial charge in [0, 0.05) is 16.2 Å². The van der Waals surface area contributed by atoms with Crippen molar-refractivity contribution in [3.8, 4) is 11.8 Å². The fraction of sp³-hybridized carbons (Fsp3) is 0. The highest BCUT2D eigenvalue weighted by Gasteiger charge is 2.19. The average molecular weight is 572 g/mol. The standard InChI is InChI=1S/C29H18ClN3O6S/c30-40(36,37)23-16-17-26(38-28(34)21-12-6-2-7-13-21)24(18-23)32-33-25(19-31)27(20-10-4-1-5-11-20)39-29(35)22-14-8-3-9-15-22/h1-18H/b27-25+,33-32?. The molecule has 0 saturated heterocycles. The van der Waals surface area contributed by atoms with E-state index in [0.717, 1.165) is 12.1 Å². The zero-order valence-corrected chi connectivity index (χ0v) is 22.0. The Balaban J connectivity index is 1.78. The first-order valence-electron chi connectivity index (χ1n) is 11.5. The third kappa shape index (κ3) is 7.05. The molecule has 4 aromatic carbocycles. The zero-order chi connectivity index (χ0) is 28.5. The molecule has 0 spiro atoms. The Kier molecular flexibility index (Phi) is 8.81. The molecular formula is C29H18ClN3O6S. The molecule has 4 rings (SSSR count). The molecule has 11 heteroatoms. The van der Waals surface area contributed by atoms with Crippen LogP contribution < -0.4 is 4.74 Å². The number of halogens is 1. The molecule has 0 aliphatic rings. The van der Waals surface area contributed by atoms with Crippen LogP contribution in [-0.2, 0) is 13.8 Å². The van der Waals surface area contributed by atoms with E-state index in [1.54, 1.807) is 78.9 Å². The molecule has 0 heterocycles. The van der Waals surface area contributed by atoms with Crippen molar-refractivity contribution in [1.82, 2.24) is 0 Å². The number of rotatable bonds is 8. The molecule has 0 fully saturated rings. The van der Waals surface area contributed by atoms with E-state index in [-0.39, 0.29) is 33.2 Å². The first-order valence-corrected chi connectivity index (χ1v) is 13.8. The van der Waals surface area contributed by atoms with Gasteiger partial charge >= 0.3 is 11.9 Å². The first kappa shape index (κ1) is 27.9. The van der Waals surface area contributed by atoms with Crippen LogP contribution in [0.3, 0.4) is 0 Å². The van der Waals surface area contributed by atoms with E-state index in [1.807, 2.05) is 6.07 Å². The summed E-state index contributed by atoms with van der Waals surface area (Å²) in [6, 6.07) is 29.7. The second-order valence-electron chi connectivity index (χ2n) is 7.93. The lowest BCUT2D eigenvalue weighted by Crippen LogP contribution is -2.08. The van der Waals surface area contributed by atoms with Gasteiger partial charge in [-0.1, -0.05) is 66.7 Å². The average Bonchev–Trinajstić information content (AvgIpc) is 2.98. The second kappa shape index (κ2) is 12.6. The number of esters is 2. The minimum Gasteiger partial charge on any atom is -0.421 e. The van der Waals surface area contributed by atoms with Crippen LogP contribution in [0.4, 0.5) is 5.69 Å².